The van der Waals surface area contributed by atoms with E-state index >= 15 is 0 Å². The van der Waals surface area contributed by atoms with Crippen molar-refractivity contribution >= 4 is 17.6 Å². The Morgan fingerprint density at radius 1 is 1.26 bits per heavy atom. The zero-order valence-electron chi connectivity index (χ0n) is 11.0. The average molecular weight is 277 g/mol. The van der Waals surface area contributed by atoms with Crippen LogP contribution in [0.15, 0.2) is 29.2 Å². The van der Waals surface area contributed by atoms with Crippen molar-refractivity contribution in [2.45, 2.75) is 30.9 Å². The standard InChI is InChI=1S/C14H16FN3S/c1-3-11-9(2)14(16)18-13(17-11)8-19-12-7-5-4-6-10(12)15/h4-7H,3,8H2,1-2H3,(H2,16,17,18). The van der Waals surface area contributed by atoms with Crippen LogP contribution in [0.1, 0.15) is 24.0 Å². The normalized spacial score (nSPS) is 10.7. The number of nitrogen functional groups attached to an aromatic ring is 1. The van der Waals surface area contributed by atoms with Gasteiger partial charge in [0.15, 0.2) is 0 Å². The van der Waals surface area contributed by atoms with Crippen LogP contribution in [0.2, 0.25) is 0 Å². The Morgan fingerprint density at radius 2 is 2.00 bits per heavy atom. The summed E-state index contributed by atoms with van der Waals surface area (Å²) in [7, 11) is 0. The predicted octanol–water partition coefficient (Wildman–Crippen LogP) is 3.36. The highest BCUT2D eigenvalue weighted by molar-refractivity contribution is 7.98. The monoisotopic (exact) mass is 277 g/mol. The number of rotatable bonds is 4. The number of benzene rings is 1. The van der Waals surface area contributed by atoms with Gasteiger partial charge in [-0.1, -0.05) is 19.1 Å². The van der Waals surface area contributed by atoms with Gasteiger partial charge >= 0.3 is 0 Å². The van der Waals surface area contributed by atoms with E-state index in [-0.39, 0.29) is 5.82 Å². The first-order valence-electron chi connectivity index (χ1n) is 6.11. The Labute approximate surface area is 116 Å². The number of hydrogen-bond acceptors (Lipinski definition) is 4. The van der Waals surface area contributed by atoms with Crippen molar-refractivity contribution in [3.05, 3.63) is 47.2 Å². The molecule has 0 aliphatic carbocycles. The van der Waals surface area contributed by atoms with Crippen LogP contribution in [-0.2, 0) is 12.2 Å². The van der Waals surface area contributed by atoms with E-state index in [0.29, 0.717) is 22.3 Å². The molecule has 0 aliphatic heterocycles. The van der Waals surface area contributed by atoms with Crippen molar-refractivity contribution < 1.29 is 4.39 Å². The molecule has 0 spiro atoms. The second-order valence-corrected chi connectivity index (χ2v) is 5.19. The van der Waals surface area contributed by atoms with Gasteiger partial charge in [0.1, 0.15) is 17.5 Å². The van der Waals surface area contributed by atoms with Crippen LogP contribution < -0.4 is 5.73 Å². The maximum atomic E-state index is 13.5. The highest BCUT2D eigenvalue weighted by Crippen LogP contribution is 2.25. The number of aromatic nitrogens is 2. The smallest absolute Gasteiger partial charge is 0.141 e. The largest absolute Gasteiger partial charge is 0.383 e. The van der Waals surface area contributed by atoms with Crippen LogP contribution in [0, 0.1) is 12.7 Å². The van der Waals surface area contributed by atoms with E-state index in [1.807, 2.05) is 19.9 Å². The molecule has 0 aliphatic rings. The predicted molar refractivity (Wildman–Crippen MR) is 76.5 cm³/mol. The van der Waals surface area contributed by atoms with Crippen molar-refractivity contribution in [2.75, 3.05) is 5.73 Å². The number of anilines is 1. The summed E-state index contributed by atoms with van der Waals surface area (Å²) >= 11 is 1.38. The summed E-state index contributed by atoms with van der Waals surface area (Å²) in [5.41, 5.74) is 7.75. The minimum Gasteiger partial charge on any atom is -0.383 e. The molecule has 0 atom stereocenters. The fourth-order valence-corrected chi connectivity index (χ4v) is 2.54. The lowest BCUT2D eigenvalue weighted by atomic mass is 10.2. The van der Waals surface area contributed by atoms with Gasteiger partial charge in [-0.3, -0.25) is 0 Å². The van der Waals surface area contributed by atoms with Crippen molar-refractivity contribution in [2.24, 2.45) is 0 Å². The summed E-state index contributed by atoms with van der Waals surface area (Å²) in [6, 6.07) is 6.69. The second kappa shape index (κ2) is 6.02. The molecule has 3 nitrogen and oxygen atoms in total. The van der Waals surface area contributed by atoms with Gasteiger partial charge in [-0.05, 0) is 25.5 Å². The number of nitrogens with zero attached hydrogens (tertiary/aromatic N) is 2. The van der Waals surface area contributed by atoms with Crippen LogP contribution in [0.5, 0.6) is 0 Å². The summed E-state index contributed by atoms with van der Waals surface area (Å²) < 4.78 is 13.5. The first-order valence-corrected chi connectivity index (χ1v) is 7.09. The van der Waals surface area contributed by atoms with E-state index in [2.05, 4.69) is 9.97 Å². The minimum absolute atomic E-state index is 0.219. The molecule has 0 unspecified atom stereocenters. The van der Waals surface area contributed by atoms with Gasteiger partial charge in [-0.15, -0.1) is 11.8 Å². The molecule has 0 fully saturated rings. The molecule has 2 N–H and O–H groups in total. The number of thioether (sulfide) groups is 1. The number of halogens is 1. The summed E-state index contributed by atoms with van der Waals surface area (Å²) in [6.07, 6.45) is 0.815. The first-order chi connectivity index (χ1) is 9.11. The Morgan fingerprint density at radius 3 is 2.68 bits per heavy atom. The number of aryl methyl sites for hydroxylation is 1. The first kappa shape index (κ1) is 13.8. The Bertz CT molecular complexity index is 587. The van der Waals surface area contributed by atoms with E-state index in [9.17, 15) is 4.39 Å². The minimum atomic E-state index is -0.219. The van der Waals surface area contributed by atoms with Gasteiger partial charge in [0.25, 0.3) is 0 Å². The van der Waals surface area contributed by atoms with E-state index in [1.165, 1.54) is 17.8 Å². The topological polar surface area (TPSA) is 51.8 Å². The zero-order chi connectivity index (χ0) is 13.8. The van der Waals surface area contributed by atoms with Crippen molar-refractivity contribution in [3.63, 3.8) is 0 Å². The fourth-order valence-electron chi connectivity index (χ4n) is 1.75. The molecule has 0 bridgehead atoms. The Kier molecular flexibility index (Phi) is 4.37. The van der Waals surface area contributed by atoms with Gasteiger partial charge in [0.2, 0.25) is 0 Å². The molecular formula is C14H16FN3S. The lowest BCUT2D eigenvalue weighted by Crippen LogP contribution is -2.06. The van der Waals surface area contributed by atoms with E-state index in [1.54, 1.807) is 12.1 Å². The maximum absolute atomic E-state index is 13.5. The second-order valence-electron chi connectivity index (χ2n) is 4.17. The quantitative estimate of drug-likeness (QED) is 0.871. The van der Waals surface area contributed by atoms with Gasteiger partial charge < -0.3 is 5.73 Å². The molecule has 19 heavy (non-hydrogen) atoms. The molecule has 1 aromatic carbocycles. The molecule has 1 aromatic heterocycles. The summed E-state index contributed by atoms with van der Waals surface area (Å²) in [5.74, 6) is 1.45. The molecular weight excluding hydrogens is 261 g/mol. The summed E-state index contributed by atoms with van der Waals surface area (Å²) in [5, 5.41) is 0. The molecule has 0 radical (unpaired) electrons. The SMILES string of the molecule is CCc1nc(CSc2ccccc2F)nc(N)c1C. The van der Waals surface area contributed by atoms with Gasteiger partial charge in [0, 0.05) is 16.2 Å². The van der Waals surface area contributed by atoms with Crippen molar-refractivity contribution in [1.82, 2.24) is 9.97 Å². The molecule has 100 valence electrons. The van der Waals surface area contributed by atoms with Crippen LogP contribution in [0.4, 0.5) is 10.2 Å². The third-order valence-corrected chi connectivity index (χ3v) is 3.90. The average Bonchev–Trinajstić information content (AvgIpc) is 2.41. The maximum Gasteiger partial charge on any atom is 0.141 e. The third kappa shape index (κ3) is 3.23. The summed E-state index contributed by atoms with van der Waals surface area (Å²) in [4.78, 5) is 9.31. The Hall–Kier alpha value is -1.62. The molecule has 0 saturated carbocycles. The Balaban J connectivity index is 2.16. The highest BCUT2D eigenvalue weighted by atomic mass is 32.2. The zero-order valence-corrected chi connectivity index (χ0v) is 11.8. The van der Waals surface area contributed by atoms with Gasteiger partial charge in [-0.25, -0.2) is 14.4 Å². The molecule has 5 heteroatoms. The molecule has 1 heterocycles. The van der Waals surface area contributed by atoms with Crippen LogP contribution >= 0.6 is 11.8 Å². The van der Waals surface area contributed by atoms with E-state index in [0.717, 1.165) is 17.7 Å². The van der Waals surface area contributed by atoms with Gasteiger partial charge in [-0.2, -0.15) is 0 Å². The fraction of sp³-hybridized carbons (Fsp3) is 0.286. The molecule has 0 amide bonds. The lowest BCUT2D eigenvalue weighted by molar-refractivity contribution is 0.602. The lowest BCUT2D eigenvalue weighted by Gasteiger charge is -2.08. The van der Waals surface area contributed by atoms with E-state index in [4.69, 9.17) is 5.73 Å². The number of nitrogens with two attached hydrogens (primary N) is 1. The van der Waals surface area contributed by atoms with Crippen molar-refractivity contribution in [1.29, 1.82) is 0 Å². The van der Waals surface area contributed by atoms with Crippen molar-refractivity contribution in [3.8, 4) is 0 Å². The molecule has 0 saturated heterocycles. The van der Waals surface area contributed by atoms with E-state index < -0.39 is 0 Å². The molecule has 2 rings (SSSR count). The number of hydrogen-bond donors (Lipinski definition) is 1. The highest BCUT2D eigenvalue weighted by Gasteiger charge is 2.09. The summed E-state index contributed by atoms with van der Waals surface area (Å²) in [6.45, 7) is 3.95. The van der Waals surface area contributed by atoms with Crippen LogP contribution in [-0.4, -0.2) is 9.97 Å². The molecule has 2 aromatic rings. The van der Waals surface area contributed by atoms with Crippen LogP contribution in [0.3, 0.4) is 0 Å². The van der Waals surface area contributed by atoms with Gasteiger partial charge in [0.05, 0.1) is 5.75 Å². The van der Waals surface area contributed by atoms with Crippen LogP contribution in [0.25, 0.3) is 0 Å². The third-order valence-electron chi connectivity index (χ3n) is 2.86.